The van der Waals surface area contributed by atoms with Crippen molar-refractivity contribution in [3.05, 3.63) is 76.5 Å². The second-order valence-electron chi connectivity index (χ2n) is 6.18. The first-order valence-corrected chi connectivity index (χ1v) is 9.55. The molecule has 0 bridgehead atoms. The van der Waals surface area contributed by atoms with Crippen LogP contribution in [-0.4, -0.2) is 18.7 Å². The van der Waals surface area contributed by atoms with E-state index in [9.17, 15) is 4.79 Å². The number of furan rings is 1. The van der Waals surface area contributed by atoms with Crippen molar-refractivity contribution >= 4 is 49.8 Å². The number of rotatable bonds is 5. The molecule has 0 saturated heterocycles. The van der Waals surface area contributed by atoms with Crippen LogP contribution in [0.25, 0.3) is 21.7 Å². The minimum Gasteiger partial charge on any atom is -0.480 e. The van der Waals surface area contributed by atoms with E-state index >= 15 is 0 Å². The van der Waals surface area contributed by atoms with Gasteiger partial charge in [-0.1, -0.05) is 52.2 Å². The number of terminal acetylenes is 1. The maximum absolute atomic E-state index is 12.5. The Morgan fingerprint density at radius 1 is 1.17 bits per heavy atom. The van der Waals surface area contributed by atoms with Gasteiger partial charge >= 0.3 is 5.91 Å². The Bertz CT molecular complexity index is 1280. The molecule has 0 radical (unpaired) electrons. The predicted octanol–water partition coefficient (Wildman–Crippen LogP) is 5.12. The summed E-state index contributed by atoms with van der Waals surface area (Å²) < 4.78 is 12.0. The lowest BCUT2D eigenvalue weighted by molar-refractivity contribution is 0.0929. The lowest BCUT2D eigenvalue weighted by Gasteiger charge is -2.06. The molecule has 4 aromatic rings. The fourth-order valence-corrected chi connectivity index (χ4v) is 3.37. The van der Waals surface area contributed by atoms with Crippen LogP contribution in [0.5, 0.6) is 5.75 Å². The molecule has 0 aliphatic carbocycles. The van der Waals surface area contributed by atoms with E-state index in [1.807, 2.05) is 48.5 Å². The third-order valence-electron chi connectivity index (χ3n) is 4.30. The number of carbonyl (C=O) groups excluding carboxylic acids is 1. The summed E-state index contributed by atoms with van der Waals surface area (Å²) in [4.78, 5) is 12.5. The summed E-state index contributed by atoms with van der Waals surface area (Å²) >= 11 is 3.40. The number of benzene rings is 3. The van der Waals surface area contributed by atoms with Gasteiger partial charge in [-0.15, -0.1) is 6.42 Å². The number of hydrogen-bond acceptors (Lipinski definition) is 4. The summed E-state index contributed by atoms with van der Waals surface area (Å²) in [5.74, 6) is 2.73. The highest BCUT2D eigenvalue weighted by Crippen LogP contribution is 2.28. The van der Waals surface area contributed by atoms with E-state index in [1.165, 1.54) is 6.21 Å². The summed E-state index contributed by atoms with van der Waals surface area (Å²) in [7, 11) is 0. The first-order valence-electron chi connectivity index (χ1n) is 8.76. The van der Waals surface area contributed by atoms with Gasteiger partial charge in [-0.05, 0) is 41.1 Å². The third-order valence-corrected chi connectivity index (χ3v) is 4.80. The maximum atomic E-state index is 12.5. The smallest absolute Gasteiger partial charge is 0.307 e. The summed E-state index contributed by atoms with van der Waals surface area (Å²) in [6, 6.07) is 18.9. The second kappa shape index (κ2) is 8.21. The lowest BCUT2D eigenvalue weighted by Crippen LogP contribution is -2.16. The van der Waals surface area contributed by atoms with Gasteiger partial charge in [0.05, 0.1) is 6.21 Å². The van der Waals surface area contributed by atoms with Gasteiger partial charge in [0.2, 0.25) is 0 Å². The third kappa shape index (κ3) is 4.00. The zero-order chi connectivity index (χ0) is 20.2. The Labute approximate surface area is 175 Å². The average Bonchev–Trinajstić information content (AvgIpc) is 3.18. The number of fused-ring (bicyclic) bond motifs is 3. The summed E-state index contributed by atoms with van der Waals surface area (Å²) in [6.07, 6.45) is 6.73. The van der Waals surface area contributed by atoms with Crippen molar-refractivity contribution in [1.82, 2.24) is 5.43 Å². The SMILES string of the molecule is C#CCOc1ccc(Br)cc1C=NNC(=O)c1cc2c(ccc3ccccc32)o1. The van der Waals surface area contributed by atoms with Crippen LogP contribution in [-0.2, 0) is 0 Å². The highest BCUT2D eigenvalue weighted by Gasteiger charge is 2.13. The number of ether oxygens (including phenoxy) is 1. The summed E-state index contributed by atoms with van der Waals surface area (Å²) in [6.45, 7) is 0.141. The van der Waals surface area contributed by atoms with Crippen molar-refractivity contribution in [3.8, 4) is 18.1 Å². The van der Waals surface area contributed by atoms with Crippen molar-refractivity contribution in [3.63, 3.8) is 0 Å². The van der Waals surface area contributed by atoms with Crippen molar-refractivity contribution in [2.24, 2.45) is 5.10 Å². The van der Waals surface area contributed by atoms with Crippen LogP contribution in [0, 0.1) is 12.3 Å². The molecule has 0 saturated carbocycles. The van der Waals surface area contributed by atoms with Crippen LogP contribution in [0.15, 0.2) is 74.7 Å². The highest BCUT2D eigenvalue weighted by molar-refractivity contribution is 9.10. The fourth-order valence-electron chi connectivity index (χ4n) is 2.99. The predicted molar refractivity (Wildman–Crippen MR) is 117 cm³/mol. The number of hydrazone groups is 1. The Morgan fingerprint density at radius 3 is 2.90 bits per heavy atom. The van der Waals surface area contributed by atoms with E-state index in [0.717, 1.165) is 20.6 Å². The number of nitrogens with zero attached hydrogens (tertiary/aromatic N) is 1. The molecule has 5 nitrogen and oxygen atoms in total. The number of amides is 1. The molecule has 0 fully saturated rings. The Balaban J connectivity index is 1.55. The van der Waals surface area contributed by atoms with E-state index in [4.69, 9.17) is 15.6 Å². The van der Waals surface area contributed by atoms with E-state index in [1.54, 1.807) is 12.1 Å². The van der Waals surface area contributed by atoms with Crippen LogP contribution in [0.3, 0.4) is 0 Å². The molecule has 0 aliphatic heterocycles. The van der Waals surface area contributed by atoms with Crippen molar-refractivity contribution in [2.75, 3.05) is 6.61 Å². The molecule has 1 amide bonds. The first kappa shape index (κ1) is 18.8. The highest BCUT2D eigenvalue weighted by atomic mass is 79.9. The molecule has 29 heavy (non-hydrogen) atoms. The van der Waals surface area contributed by atoms with Crippen LogP contribution in [0.1, 0.15) is 16.1 Å². The quantitative estimate of drug-likeness (QED) is 0.262. The minimum atomic E-state index is -0.442. The monoisotopic (exact) mass is 446 g/mol. The van der Waals surface area contributed by atoms with E-state index in [0.29, 0.717) is 16.9 Å². The molecule has 142 valence electrons. The van der Waals surface area contributed by atoms with Crippen molar-refractivity contribution in [2.45, 2.75) is 0 Å². The molecule has 1 aromatic heterocycles. The zero-order valence-electron chi connectivity index (χ0n) is 15.2. The molecule has 0 spiro atoms. The van der Waals surface area contributed by atoms with E-state index in [2.05, 4.69) is 32.4 Å². The fraction of sp³-hybridized carbons (Fsp3) is 0.0435. The largest absolute Gasteiger partial charge is 0.480 e. The van der Waals surface area contributed by atoms with Gasteiger partial charge in [-0.3, -0.25) is 4.79 Å². The molecular formula is C23H15BrN2O3. The summed E-state index contributed by atoms with van der Waals surface area (Å²) in [5, 5.41) is 7.02. The molecule has 6 heteroatoms. The average molecular weight is 447 g/mol. The lowest BCUT2D eigenvalue weighted by atomic mass is 10.1. The van der Waals surface area contributed by atoms with Gasteiger partial charge in [0.25, 0.3) is 0 Å². The molecular weight excluding hydrogens is 432 g/mol. The van der Waals surface area contributed by atoms with Crippen LogP contribution >= 0.6 is 15.9 Å². The number of halogens is 1. The van der Waals surface area contributed by atoms with Crippen LogP contribution in [0.4, 0.5) is 0 Å². The first-order chi connectivity index (χ1) is 14.2. The van der Waals surface area contributed by atoms with Gasteiger partial charge in [0.1, 0.15) is 17.9 Å². The van der Waals surface area contributed by atoms with Gasteiger partial charge in [-0.2, -0.15) is 5.10 Å². The minimum absolute atomic E-state index is 0.141. The van der Waals surface area contributed by atoms with Crippen LogP contribution in [0.2, 0.25) is 0 Å². The standard InChI is InChI=1S/C23H15BrN2O3/c1-2-11-28-20-10-8-17(24)12-16(20)14-25-26-23(27)22-13-19-18-6-4-3-5-15(18)7-9-21(19)29-22/h1,3-10,12-14H,11H2,(H,26,27). The molecule has 3 aromatic carbocycles. The molecule has 4 rings (SSSR count). The Morgan fingerprint density at radius 2 is 2.03 bits per heavy atom. The molecule has 0 atom stereocenters. The molecule has 0 unspecified atom stereocenters. The Hall–Kier alpha value is -3.56. The zero-order valence-corrected chi connectivity index (χ0v) is 16.8. The van der Waals surface area contributed by atoms with E-state index < -0.39 is 5.91 Å². The molecule has 1 N–H and O–H groups in total. The van der Waals surface area contributed by atoms with Crippen LogP contribution < -0.4 is 10.2 Å². The Kier molecular flexibility index (Phi) is 5.32. The van der Waals surface area contributed by atoms with Gasteiger partial charge in [-0.25, -0.2) is 5.43 Å². The van der Waals surface area contributed by atoms with Crippen molar-refractivity contribution in [1.29, 1.82) is 0 Å². The van der Waals surface area contributed by atoms with Gasteiger partial charge < -0.3 is 9.15 Å². The van der Waals surface area contributed by atoms with E-state index in [-0.39, 0.29) is 12.4 Å². The van der Waals surface area contributed by atoms with Gasteiger partial charge in [0.15, 0.2) is 5.76 Å². The number of carbonyl (C=O) groups is 1. The maximum Gasteiger partial charge on any atom is 0.307 e. The number of hydrogen-bond donors (Lipinski definition) is 1. The van der Waals surface area contributed by atoms with Crippen molar-refractivity contribution < 1.29 is 13.9 Å². The molecule has 0 aliphatic rings. The topological polar surface area (TPSA) is 63.8 Å². The van der Waals surface area contributed by atoms with Gasteiger partial charge in [0, 0.05) is 15.4 Å². The normalized spacial score (nSPS) is 11.0. The second-order valence-corrected chi connectivity index (χ2v) is 7.10. The number of nitrogens with one attached hydrogen (secondary N) is 1. The molecule has 1 heterocycles. The summed E-state index contributed by atoms with van der Waals surface area (Å²) in [5.41, 5.74) is 3.80.